The highest BCUT2D eigenvalue weighted by atomic mass is 32.3. The molecule has 2 aromatic heterocycles. The molecule has 0 aromatic carbocycles. The molecule has 6 rings (SSSR count). The molecule has 0 aliphatic carbocycles. The number of fused-ring (bicyclic) bond motifs is 4. The van der Waals surface area contributed by atoms with Crippen molar-refractivity contribution in [2.75, 3.05) is 26.2 Å². The monoisotopic (exact) mass is 496 g/mol. The first-order valence-corrected chi connectivity index (χ1v) is 12.3. The van der Waals surface area contributed by atoms with Gasteiger partial charge in [-0.1, -0.05) is 12.2 Å². The van der Waals surface area contributed by atoms with Crippen LogP contribution in [0.15, 0.2) is 61.2 Å². The number of hydrogen-bond acceptors (Lipinski definition) is 8. The van der Waals surface area contributed by atoms with Crippen molar-refractivity contribution in [1.82, 2.24) is 29.9 Å². The molecule has 180 valence electrons. The fraction of sp³-hybridized carbons (Fsp3) is 0.273. The predicted molar refractivity (Wildman–Crippen MR) is 121 cm³/mol. The number of amides is 4. The summed E-state index contributed by atoms with van der Waals surface area (Å²) in [5.41, 5.74) is 3.09. The lowest BCUT2D eigenvalue weighted by atomic mass is 9.97. The van der Waals surface area contributed by atoms with Gasteiger partial charge in [0.05, 0.1) is 13.1 Å². The molecule has 0 spiro atoms. The molecular formula is C22H20N6O6S. The van der Waals surface area contributed by atoms with Crippen LogP contribution in [0.3, 0.4) is 0 Å². The summed E-state index contributed by atoms with van der Waals surface area (Å²) < 4.78 is 36.3. The van der Waals surface area contributed by atoms with Crippen LogP contribution < -0.4 is 0 Å². The highest BCUT2D eigenvalue weighted by Crippen LogP contribution is 2.36. The Bertz CT molecular complexity index is 1250. The fourth-order valence-electron chi connectivity index (χ4n) is 4.80. The average Bonchev–Trinajstić information content (AvgIpc) is 3.25. The molecule has 6 heterocycles. The number of pyridine rings is 2. The topological polar surface area (TPSA) is 125 Å². The van der Waals surface area contributed by atoms with Gasteiger partial charge in [-0.3, -0.25) is 9.97 Å². The van der Waals surface area contributed by atoms with Gasteiger partial charge in [0.25, 0.3) is 0 Å². The maximum atomic E-state index is 13.0. The van der Waals surface area contributed by atoms with Crippen LogP contribution in [0.5, 0.6) is 0 Å². The lowest BCUT2D eigenvalue weighted by Crippen LogP contribution is -2.41. The molecule has 4 aliphatic rings. The number of hydrogen-bond donors (Lipinski definition) is 0. The Kier molecular flexibility index (Phi) is 5.05. The molecule has 2 saturated heterocycles. The highest BCUT2D eigenvalue weighted by Gasteiger charge is 2.49. The molecule has 2 unspecified atom stereocenters. The predicted octanol–water partition coefficient (Wildman–Crippen LogP) is 1.29. The number of carbonyl (C=O) groups is 2. The summed E-state index contributed by atoms with van der Waals surface area (Å²) in [5.74, 6) is 0. The summed E-state index contributed by atoms with van der Waals surface area (Å²) >= 11 is 0. The Morgan fingerprint density at radius 1 is 0.714 bits per heavy atom. The number of urea groups is 2. The smallest absolute Gasteiger partial charge is 0.317 e. The number of hydroxylamine groups is 4. The van der Waals surface area contributed by atoms with Gasteiger partial charge in [-0.15, -0.1) is 8.57 Å². The van der Waals surface area contributed by atoms with Gasteiger partial charge in [0, 0.05) is 37.9 Å². The Hall–Kier alpha value is -3.81. The van der Waals surface area contributed by atoms with Crippen molar-refractivity contribution in [2.45, 2.75) is 12.1 Å². The van der Waals surface area contributed by atoms with E-state index in [0.29, 0.717) is 13.1 Å². The van der Waals surface area contributed by atoms with Gasteiger partial charge in [-0.25, -0.2) is 9.59 Å². The molecule has 0 saturated carbocycles. The SMILES string of the molecule is O=C1N2CC=C(c3ccncc3)C(C2)N1OS(=O)(=O)ON1C(=O)N2CC=C(c3ccncc3)C1C2. The van der Waals surface area contributed by atoms with Crippen LogP contribution in [-0.2, 0) is 19.0 Å². The lowest BCUT2D eigenvalue weighted by molar-refractivity contribution is -0.0702. The maximum Gasteiger partial charge on any atom is 0.442 e. The lowest BCUT2D eigenvalue weighted by Gasteiger charge is -2.26. The summed E-state index contributed by atoms with van der Waals surface area (Å²) in [7, 11) is -4.83. The second kappa shape index (κ2) is 8.15. The van der Waals surface area contributed by atoms with E-state index in [-0.39, 0.29) is 13.1 Å². The van der Waals surface area contributed by atoms with Crippen molar-refractivity contribution >= 4 is 33.6 Å². The van der Waals surface area contributed by atoms with Crippen molar-refractivity contribution < 1.29 is 26.6 Å². The summed E-state index contributed by atoms with van der Waals surface area (Å²) in [6.45, 7) is 1.15. The summed E-state index contributed by atoms with van der Waals surface area (Å²) in [5, 5.41) is 1.59. The van der Waals surface area contributed by atoms with Gasteiger partial charge in [0.1, 0.15) is 12.1 Å². The Labute approximate surface area is 200 Å². The van der Waals surface area contributed by atoms with Gasteiger partial charge in [-0.05, 0) is 46.5 Å². The molecule has 0 N–H and O–H groups in total. The van der Waals surface area contributed by atoms with E-state index in [1.54, 1.807) is 49.1 Å². The summed E-state index contributed by atoms with van der Waals surface area (Å²) in [4.78, 5) is 36.6. The first kappa shape index (κ1) is 21.7. The molecule has 12 nitrogen and oxygen atoms in total. The second-order valence-corrected chi connectivity index (χ2v) is 9.52. The van der Waals surface area contributed by atoms with E-state index in [0.717, 1.165) is 32.4 Å². The normalized spacial score (nSPS) is 23.7. The Morgan fingerprint density at radius 3 is 1.51 bits per heavy atom. The maximum absolute atomic E-state index is 13.0. The van der Waals surface area contributed by atoms with E-state index in [2.05, 4.69) is 9.97 Å². The first-order valence-electron chi connectivity index (χ1n) is 10.9. The first-order chi connectivity index (χ1) is 16.9. The number of carbonyl (C=O) groups excluding carboxylic acids is 2. The molecule has 0 radical (unpaired) electrons. The van der Waals surface area contributed by atoms with Gasteiger partial charge >= 0.3 is 22.5 Å². The molecular weight excluding hydrogens is 476 g/mol. The van der Waals surface area contributed by atoms with Crippen LogP contribution in [0.2, 0.25) is 0 Å². The third-order valence-corrected chi connectivity index (χ3v) is 7.11. The quantitative estimate of drug-likeness (QED) is 0.586. The van der Waals surface area contributed by atoms with Crippen molar-refractivity contribution in [3.8, 4) is 0 Å². The van der Waals surface area contributed by atoms with Crippen LogP contribution in [0, 0.1) is 0 Å². The van der Waals surface area contributed by atoms with E-state index < -0.39 is 34.5 Å². The van der Waals surface area contributed by atoms with E-state index in [1.165, 1.54) is 9.80 Å². The van der Waals surface area contributed by atoms with E-state index in [9.17, 15) is 18.0 Å². The minimum atomic E-state index is -4.83. The second-order valence-electron chi connectivity index (χ2n) is 8.41. The van der Waals surface area contributed by atoms with Crippen molar-refractivity contribution in [3.63, 3.8) is 0 Å². The van der Waals surface area contributed by atoms with Gasteiger partial charge in [-0.2, -0.15) is 18.5 Å². The van der Waals surface area contributed by atoms with E-state index in [4.69, 9.17) is 8.57 Å². The molecule has 4 aliphatic heterocycles. The molecule has 35 heavy (non-hydrogen) atoms. The third kappa shape index (κ3) is 3.73. The molecule has 2 atom stereocenters. The molecule has 2 fully saturated rings. The Morgan fingerprint density at radius 2 is 1.11 bits per heavy atom. The standard InChI is InChI=1S/C22H20N6O6S/c29-21-25-11-5-17(15-1-7-23-8-2-15)19(13-25)27(21)33-35(31,32)34-28-20-14-26(22(28)30)12-6-18(20)16-3-9-24-10-4-16/h1-10,19-20H,11-14H2. The number of nitrogens with zero attached hydrogens (tertiary/aromatic N) is 6. The molecule has 2 aromatic rings. The van der Waals surface area contributed by atoms with Gasteiger partial charge in [0.2, 0.25) is 0 Å². The van der Waals surface area contributed by atoms with Crippen LogP contribution in [-0.4, -0.2) is 88.6 Å². The zero-order valence-electron chi connectivity index (χ0n) is 18.3. The molecule has 4 amide bonds. The van der Waals surface area contributed by atoms with Gasteiger partial charge in [0.15, 0.2) is 0 Å². The highest BCUT2D eigenvalue weighted by molar-refractivity contribution is 7.81. The minimum absolute atomic E-state index is 0.260. The van der Waals surface area contributed by atoms with Crippen molar-refractivity contribution in [2.24, 2.45) is 0 Å². The molecule has 13 heteroatoms. The largest absolute Gasteiger partial charge is 0.442 e. The van der Waals surface area contributed by atoms with Crippen molar-refractivity contribution in [1.29, 1.82) is 0 Å². The van der Waals surface area contributed by atoms with Crippen LogP contribution in [0.25, 0.3) is 11.1 Å². The van der Waals surface area contributed by atoms with E-state index >= 15 is 0 Å². The zero-order valence-corrected chi connectivity index (χ0v) is 19.1. The fourth-order valence-corrected chi connectivity index (χ4v) is 5.55. The van der Waals surface area contributed by atoms with Crippen LogP contribution in [0.4, 0.5) is 9.59 Å². The average molecular weight is 497 g/mol. The molecule has 4 bridgehead atoms. The number of rotatable bonds is 6. The van der Waals surface area contributed by atoms with Crippen molar-refractivity contribution in [3.05, 3.63) is 72.3 Å². The van der Waals surface area contributed by atoms with Crippen LogP contribution >= 0.6 is 0 Å². The summed E-state index contributed by atoms with van der Waals surface area (Å²) in [6.07, 6.45) is 10.2. The van der Waals surface area contributed by atoms with Crippen LogP contribution in [0.1, 0.15) is 11.1 Å². The third-order valence-electron chi connectivity index (χ3n) is 6.42. The summed E-state index contributed by atoms with van der Waals surface area (Å²) in [6, 6.07) is 4.57. The van der Waals surface area contributed by atoms with Gasteiger partial charge < -0.3 is 9.80 Å². The Balaban J connectivity index is 1.24. The number of aromatic nitrogens is 2. The van der Waals surface area contributed by atoms with E-state index in [1.807, 2.05) is 12.2 Å². The zero-order chi connectivity index (χ0) is 24.2. The minimum Gasteiger partial charge on any atom is -0.317 e.